The van der Waals surface area contributed by atoms with E-state index in [1.54, 1.807) is 0 Å². The molecule has 5 rings (SSSR count). The fraction of sp³-hybridized carbons (Fsp3) is 0.696. The van der Waals surface area contributed by atoms with E-state index in [0.717, 1.165) is 18.8 Å². The zero-order chi connectivity index (χ0) is 20.1. The second-order valence-electron chi connectivity index (χ2n) is 10.2. The fourth-order valence-corrected chi connectivity index (χ4v) is 5.74. The predicted octanol–water partition coefficient (Wildman–Crippen LogP) is 4.10. The third-order valence-corrected chi connectivity index (χ3v) is 7.67. The number of carbonyl (C=O) groups excluding carboxylic acids is 1. The summed E-state index contributed by atoms with van der Waals surface area (Å²) in [5, 5.41) is 3.22. The molecule has 1 amide bonds. The molecule has 28 heavy (non-hydrogen) atoms. The molecule has 152 valence electrons. The minimum absolute atomic E-state index is 0.00839. The minimum atomic E-state index is -0.244. The van der Waals surface area contributed by atoms with Gasteiger partial charge in [-0.15, -0.1) is 0 Å². The number of carbonyl (C=O) groups is 1. The zero-order valence-electron chi connectivity index (χ0n) is 17.9. The molecule has 3 unspecified atom stereocenters. The predicted molar refractivity (Wildman–Crippen MR) is 112 cm³/mol. The van der Waals surface area contributed by atoms with Crippen LogP contribution in [0.15, 0.2) is 30.3 Å². The average Bonchev–Trinajstić information content (AvgIpc) is 2.97. The van der Waals surface area contributed by atoms with Gasteiger partial charge in [-0.3, -0.25) is 4.79 Å². The molecule has 5 atom stereocenters. The van der Waals surface area contributed by atoms with E-state index in [-0.39, 0.29) is 36.7 Å². The lowest BCUT2D eigenvalue weighted by Gasteiger charge is -2.64. The topological polar surface area (TPSA) is 47.6 Å². The van der Waals surface area contributed by atoms with Gasteiger partial charge >= 0.3 is 7.12 Å². The first-order valence-electron chi connectivity index (χ1n) is 10.9. The number of amides is 1. The van der Waals surface area contributed by atoms with Crippen LogP contribution in [0.3, 0.4) is 0 Å². The molecule has 1 heterocycles. The number of benzene rings is 1. The van der Waals surface area contributed by atoms with Crippen LogP contribution in [0, 0.1) is 23.2 Å². The molecule has 3 saturated carbocycles. The SMILES string of the molecule is CC(C)C(=O)N[C@@H](CB1OC2CC3CC(C3(C)C)[C@@]2(C)O1)Cc1ccccc1. The highest BCUT2D eigenvalue weighted by Crippen LogP contribution is 2.65. The number of nitrogens with one attached hydrogen (secondary N) is 1. The van der Waals surface area contributed by atoms with Crippen LogP contribution in [-0.4, -0.2) is 30.8 Å². The molecule has 1 aliphatic heterocycles. The summed E-state index contributed by atoms with van der Waals surface area (Å²) in [7, 11) is -0.244. The molecule has 2 bridgehead atoms. The Morgan fingerprint density at radius 1 is 1.21 bits per heavy atom. The minimum Gasteiger partial charge on any atom is -0.405 e. The van der Waals surface area contributed by atoms with Gasteiger partial charge in [0.15, 0.2) is 0 Å². The number of hydrogen-bond donors (Lipinski definition) is 1. The van der Waals surface area contributed by atoms with Crippen molar-refractivity contribution in [1.82, 2.24) is 5.32 Å². The Hall–Kier alpha value is -1.33. The van der Waals surface area contributed by atoms with Crippen LogP contribution < -0.4 is 5.32 Å². The van der Waals surface area contributed by atoms with Crippen molar-refractivity contribution in [2.45, 2.75) is 77.9 Å². The molecule has 1 aromatic rings. The van der Waals surface area contributed by atoms with E-state index < -0.39 is 0 Å². The molecule has 5 heteroatoms. The Morgan fingerprint density at radius 3 is 2.57 bits per heavy atom. The molecular formula is C23H34BNO3. The summed E-state index contributed by atoms with van der Waals surface area (Å²) in [6, 6.07) is 10.4. The molecule has 1 N–H and O–H groups in total. The second kappa shape index (κ2) is 7.18. The monoisotopic (exact) mass is 383 g/mol. The Morgan fingerprint density at radius 2 is 1.93 bits per heavy atom. The van der Waals surface area contributed by atoms with E-state index in [1.165, 1.54) is 12.0 Å². The maximum absolute atomic E-state index is 12.4. The molecule has 3 aliphatic carbocycles. The van der Waals surface area contributed by atoms with Gasteiger partial charge in [-0.25, -0.2) is 0 Å². The summed E-state index contributed by atoms with van der Waals surface area (Å²) in [6.45, 7) is 10.9. The fourth-order valence-electron chi connectivity index (χ4n) is 5.74. The van der Waals surface area contributed by atoms with Gasteiger partial charge in [-0.05, 0) is 49.0 Å². The van der Waals surface area contributed by atoms with Gasteiger partial charge in [0.1, 0.15) is 0 Å². The highest BCUT2D eigenvalue weighted by atomic mass is 16.7. The summed E-state index contributed by atoms with van der Waals surface area (Å²) in [5.41, 5.74) is 1.38. The summed E-state index contributed by atoms with van der Waals surface area (Å²) >= 11 is 0. The first kappa shape index (κ1) is 20.0. The van der Waals surface area contributed by atoms with E-state index in [1.807, 2.05) is 32.0 Å². The van der Waals surface area contributed by atoms with Gasteiger partial charge in [0.25, 0.3) is 0 Å². The van der Waals surface area contributed by atoms with Gasteiger partial charge in [0.05, 0.1) is 11.7 Å². The van der Waals surface area contributed by atoms with Crippen molar-refractivity contribution in [3.05, 3.63) is 35.9 Å². The van der Waals surface area contributed by atoms with Crippen LogP contribution in [0.2, 0.25) is 6.32 Å². The van der Waals surface area contributed by atoms with E-state index in [9.17, 15) is 4.79 Å². The summed E-state index contributed by atoms with van der Waals surface area (Å²) in [5.74, 6) is 1.37. The van der Waals surface area contributed by atoms with Crippen molar-refractivity contribution in [2.24, 2.45) is 23.2 Å². The summed E-state index contributed by atoms with van der Waals surface area (Å²) < 4.78 is 13.0. The molecule has 0 aromatic heterocycles. The lowest BCUT2D eigenvalue weighted by molar-refractivity contribution is -0.199. The zero-order valence-corrected chi connectivity index (χ0v) is 17.9. The molecule has 0 radical (unpaired) electrons. The van der Waals surface area contributed by atoms with Crippen molar-refractivity contribution in [3.8, 4) is 0 Å². The Bertz CT molecular complexity index is 722. The largest absolute Gasteiger partial charge is 0.459 e. The van der Waals surface area contributed by atoms with Gasteiger partial charge < -0.3 is 14.6 Å². The standard InChI is InChI=1S/C23H34BNO3/c1-15(2)21(26)25-18(11-16-9-7-6-8-10-16)14-24-27-20-13-17-12-19(22(17,3)4)23(20,5)28-24/h6-10,15,17-20H,11-14H2,1-5H3,(H,25,26)/t17?,18-,19?,20?,23-/m1/s1. The first-order chi connectivity index (χ1) is 13.2. The average molecular weight is 383 g/mol. The van der Waals surface area contributed by atoms with Gasteiger partial charge in [-0.2, -0.15) is 0 Å². The molecule has 4 nitrogen and oxygen atoms in total. The quantitative estimate of drug-likeness (QED) is 0.753. The molecule has 1 saturated heterocycles. The second-order valence-corrected chi connectivity index (χ2v) is 10.2. The van der Waals surface area contributed by atoms with E-state index in [4.69, 9.17) is 9.31 Å². The van der Waals surface area contributed by atoms with Crippen molar-refractivity contribution < 1.29 is 14.1 Å². The van der Waals surface area contributed by atoms with Gasteiger partial charge in [0.2, 0.25) is 5.91 Å². The van der Waals surface area contributed by atoms with E-state index >= 15 is 0 Å². The van der Waals surface area contributed by atoms with Crippen LogP contribution in [0.5, 0.6) is 0 Å². The Labute approximate surface area is 169 Å². The third kappa shape index (κ3) is 3.41. The van der Waals surface area contributed by atoms with Crippen LogP contribution in [0.25, 0.3) is 0 Å². The van der Waals surface area contributed by atoms with Crippen molar-refractivity contribution in [1.29, 1.82) is 0 Å². The highest BCUT2D eigenvalue weighted by molar-refractivity contribution is 6.45. The normalized spacial score (nSPS) is 33.9. The Kier molecular flexibility index (Phi) is 5.12. The number of rotatable bonds is 6. The maximum Gasteiger partial charge on any atom is 0.459 e. The lowest BCUT2D eigenvalue weighted by Crippen LogP contribution is -2.65. The summed E-state index contributed by atoms with van der Waals surface area (Å²) in [4.78, 5) is 12.4. The van der Waals surface area contributed by atoms with Crippen molar-refractivity contribution in [3.63, 3.8) is 0 Å². The van der Waals surface area contributed by atoms with E-state index in [0.29, 0.717) is 17.7 Å². The summed E-state index contributed by atoms with van der Waals surface area (Å²) in [6.07, 6.45) is 4.03. The smallest absolute Gasteiger partial charge is 0.405 e. The molecule has 0 spiro atoms. The molecule has 4 fully saturated rings. The van der Waals surface area contributed by atoms with Crippen LogP contribution in [0.4, 0.5) is 0 Å². The van der Waals surface area contributed by atoms with Crippen LogP contribution in [0.1, 0.15) is 53.0 Å². The highest BCUT2D eigenvalue weighted by Gasteiger charge is 2.67. The number of hydrogen-bond acceptors (Lipinski definition) is 3. The van der Waals surface area contributed by atoms with Gasteiger partial charge in [-0.1, -0.05) is 58.0 Å². The van der Waals surface area contributed by atoms with Crippen molar-refractivity contribution >= 4 is 13.0 Å². The lowest BCUT2D eigenvalue weighted by atomic mass is 9.43. The molecule has 4 aliphatic rings. The van der Waals surface area contributed by atoms with Crippen molar-refractivity contribution in [2.75, 3.05) is 0 Å². The molecular weight excluding hydrogens is 349 g/mol. The maximum atomic E-state index is 12.4. The third-order valence-electron chi connectivity index (χ3n) is 7.67. The van der Waals surface area contributed by atoms with E-state index in [2.05, 4.69) is 38.2 Å². The van der Waals surface area contributed by atoms with Crippen LogP contribution >= 0.6 is 0 Å². The first-order valence-corrected chi connectivity index (χ1v) is 10.9. The van der Waals surface area contributed by atoms with Crippen LogP contribution in [-0.2, 0) is 20.5 Å². The van der Waals surface area contributed by atoms with Gasteiger partial charge in [0, 0.05) is 18.3 Å². The Balaban J connectivity index is 1.46. The molecule has 1 aromatic carbocycles.